The third kappa shape index (κ3) is 3.05. The molecule has 3 aromatic rings. The number of aromatic nitrogens is 3. The fourth-order valence-corrected chi connectivity index (χ4v) is 5.15. The second-order valence-corrected chi connectivity index (χ2v) is 8.96. The molecule has 28 heavy (non-hydrogen) atoms. The first kappa shape index (κ1) is 18.9. The first-order valence-electron chi connectivity index (χ1n) is 8.99. The lowest BCUT2D eigenvalue weighted by Gasteiger charge is -2.16. The minimum absolute atomic E-state index is 0.0579. The van der Waals surface area contributed by atoms with Crippen molar-refractivity contribution in [3.05, 3.63) is 52.7 Å². The van der Waals surface area contributed by atoms with Crippen LogP contribution in [0, 0.1) is 6.92 Å². The van der Waals surface area contributed by atoms with E-state index in [-0.39, 0.29) is 16.7 Å². The van der Waals surface area contributed by atoms with Crippen LogP contribution in [-0.2, 0) is 21.8 Å². The molecule has 3 aromatic heterocycles. The summed E-state index contributed by atoms with van der Waals surface area (Å²) in [5.74, 6) is 0. The third-order valence-corrected chi connectivity index (χ3v) is 7.05. The van der Waals surface area contributed by atoms with Gasteiger partial charge in [0.25, 0.3) is 15.6 Å². The molecule has 0 radical (unpaired) electrons. The number of aryl methyl sites for hydroxylation is 2. The Morgan fingerprint density at radius 1 is 1.21 bits per heavy atom. The number of methoxy groups -OCH3 is 1. The zero-order valence-electron chi connectivity index (χ0n) is 16.0. The SMILES string of the molecule is COC1CCN(S(=O)(=O)c2cnc3ccc(-c4cc(C)c(=O)n(C)c4)cn23)C1. The highest BCUT2D eigenvalue weighted by Crippen LogP contribution is 2.26. The second-order valence-electron chi connectivity index (χ2n) is 7.08. The summed E-state index contributed by atoms with van der Waals surface area (Å²) in [6, 6.07) is 5.45. The molecule has 1 unspecified atom stereocenters. The van der Waals surface area contributed by atoms with Gasteiger partial charge in [-0.15, -0.1) is 0 Å². The summed E-state index contributed by atoms with van der Waals surface area (Å²) in [5.41, 5.74) is 2.75. The van der Waals surface area contributed by atoms with Crippen LogP contribution >= 0.6 is 0 Å². The molecule has 1 aliphatic rings. The number of pyridine rings is 2. The number of nitrogens with zero attached hydrogens (tertiary/aromatic N) is 4. The molecular weight excluding hydrogens is 380 g/mol. The van der Waals surface area contributed by atoms with Crippen LogP contribution in [0.1, 0.15) is 12.0 Å². The lowest BCUT2D eigenvalue weighted by Crippen LogP contribution is -2.30. The van der Waals surface area contributed by atoms with Crippen molar-refractivity contribution in [3.8, 4) is 11.1 Å². The summed E-state index contributed by atoms with van der Waals surface area (Å²) in [6.45, 7) is 2.52. The number of imidazole rings is 1. The molecule has 148 valence electrons. The van der Waals surface area contributed by atoms with Gasteiger partial charge < -0.3 is 9.30 Å². The molecular formula is C19H22N4O4S. The van der Waals surface area contributed by atoms with Crippen LogP contribution < -0.4 is 5.56 Å². The van der Waals surface area contributed by atoms with E-state index in [1.54, 1.807) is 50.0 Å². The Kier molecular flexibility index (Phi) is 4.60. The van der Waals surface area contributed by atoms with Gasteiger partial charge in [0.1, 0.15) is 5.65 Å². The second kappa shape index (κ2) is 6.84. The van der Waals surface area contributed by atoms with E-state index < -0.39 is 10.0 Å². The normalized spacial score (nSPS) is 18.2. The molecule has 0 aromatic carbocycles. The van der Waals surface area contributed by atoms with Crippen molar-refractivity contribution in [2.45, 2.75) is 24.5 Å². The number of sulfonamides is 1. The van der Waals surface area contributed by atoms with Gasteiger partial charge in [-0.2, -0.15) is 4.31 Å². The van der Waals surface area contributed by atoms with E-state index in [9.17, 15) is 13.2 Å². The molecule has 0 bridgehead atoms. The highest BCUT2D eigenvalue weighted by atomic mass is 32.2. The summed E-state index contributed by atoms with van der Waals surface area (Å²) in [4.78, 5) is 16.2. The molecule has 0 amide bonds. The van der Waals surface area contributed by atoms with E-state index in [4.69, 9.17) is 4.74 Å². The minimum atomic E-state index is -3.69. The molecule has 0 saturated carbocycles. The fraction of sp³-hybridized carbons (Fsp3) is 0.368. The van der Waals surface area contributed by atoms with E-state index >= 15 is 0 Å². The monoisotopic (exact) mass is 402 g/mol. The van der Waals surface area contributed by atoms with Crippen LogP contribution in [-0.4, -0.2) is 53.0 Å². The van der Waals surface area contributed by atoms with Crippen LogP contribution in [0.25, 0.3) is 16.8 Å². The smallest absolute Gasteiger partial charge is 0.260 e. The average molecular weight is 402 g/mol. The molecule has 4 rings (SSSR count). The van der Waals surface area contributed by atoms with Crippen LogP contribution in [0.5, 0.6) is 0 Å². The van der Waals surface area contributed by atoms with Crippen LogP contribution in [0.15, 0.2) is 46.6 Å². The Balaban J connectivity index is 1.80. The summed E-state index contributed by atoms with van der Waals surface area (Å²) in [5, 5.41) is 0.127. The molecule has 1 atom stereocenters. The molecule has 1 aliphatic heterocycles. The van der Waals surface area contributed by atoms with E-state index in [2.05, 4.69) is 4.98 Å². The molecule has 0 aliphatic carbocycles. The number of hydrogen-bond acceptors (Lipinski definition) is 5. The Labute approximate surface area is 163 Å². The van der Waals surface area contributed by atoms with Gasteiger partial charge in [0.2, 0.25) is 0 Å². The van der Waals surface area contributed by atoms with Crippen molar-refractivity contribution in [3.63, 3.8) is 0 Å². The van der Waals surface area contributed by atoms with E-state index in [1.165, 1.54) is 15.1 Å². The number of hydrogen-bond donors (Lipinski definition) is 0. The highest BCUT2D eigenvalue weighted by Gasteiger charge is 2.34. The Morgan fingerprint density at radius 3 is 2.68 bits per heavy atom. The van der Waals surface area contributed by atoms with E-state index in [1.807, 2.05) is 6.07 Å². The molecule has 9 heteroatoms. The Morgan fingerprint density at radius 2 is 2.00 bits per heavy atom. The van der Waals surface area contributed by atoms with Gasteiger partial charge in [-0.05, 0) is 42.7 Å². The molecule has 1 saturated heterocycles. The fourth-order valence-electron chi connectivity index (χ4n) is 3.60. The molecule has 4 heterocycles. The zero-order valence-corrected chi connectivity index (χ0v) is 16.8. The summed E-state index contributed by atoms with van der Waals surface area (Å²) >= 11 is 0. The van der Waals surface area contributed by atoms with Gasteiger partial charge in [0, 0.05) is 45.2 Å². The van der Waals surface area contributed by atoms with Crippen molar-refractivity contribution < 1.29 is 13.2 Å². The van der Waals surface area contributed by atoms with Crippen molar-refractivity contribution in [2.75, 3.05) is 20.2 Å². The first-order chi connectivity index (χ1) is 13.3. The average Bonchev–Trinajstić information content (AvgIpc) is 3.32. The third-order valence-electron chi connectivity index (χ3n) is 5.21. The maximum Gasteiger partial charge on any atom is 0.260 e. The summed E-state index contributed by atoms with van der Waals surface area (Å²) in [7, 11) is -0.396. The number of rotatable bonds is 4. The molecule has 8 nitrogen and oxygen atoms in total. The van der Waals surface area contributed by atoms with Crippen molar-refractivity contribution >= 4 is 15.7 Å². The van der Waals surface area contributed by atoms with Crippen molar-refractivity contribution in [2.24, 2.45) is 7.05 Å². The van der Waals surface area contributed by atoms with Gasteiger partial charge in [-0.25, -0.2) is 13.4 Å². The van der Waals surface area contributed by atoms with Crippen molar-refractivity contribution in [1.82, 2.24) is 18.3 Å². The summed E-state index contributed by atoms with van der Waals surface area (Å²) in [6.07, 6.45) is 5.47. The largest absolute Gasteiger partial charge is 0.380 e. The van der Waals surface area contributed by atoms with Crippen LogP contribution in [0.2, 0.25) is 0 Å². The first-order valence-corrected chi connectivity index (χ1v) is 10.4. The van der Waals surface area contributed by atoms with E-state index in [0.29, 0.717) is 30.7 Å². The predicted octanol–water partition coefficient (Wildman–Crippen LogP) is 1.42. The Bertz CT molecular complexity index is 1190. The topological polar surface area (TPSA) is 85.9 Å². The molecule has 0 spiro atoms. The van der Waals surface area contributed by atoms with Gasteiger partial charge in [0.05, 0.1) is 12.3 Å². The maximum absolute atomic E-state index is 13.1. The number of fused-ring (bicyclic) bond motifs is 1. The van der Waals surface area contributed by atoms with E-state index in [0.717, 1.165) is 11.1 Å². The Hall–Kier alpha value is -2.49. The lowest BCUT2D eigenvalue weighted by molar-refractivity contribution is 0.115. The van der Waals surface area contributed by atoms with Gasteiger partial charge in [-0.3, -0.25) is 9.20 Å². The van der Waals surface area contributed by atoms with Gasteiger partial charge in [0.15, 0.2) is 5.03 Å². The van der Waals surface area contributed by atoms with Gasteiger partial charge in [-0.1, -0.05) is 0 Å². The highest BCUT2D eigenvalue weighted by molar-refractivity contribution is 7.89. The van der Waals surface area contributed by atoms with Crippen molar-refractivity contribution in [1.29, 1.82) is 0 Å². The standard InChI is InChI=1S/C19H22N4O4S/c1-13-8-15(10-21(2)19(13)24)14-4-5-17-20-9-18(23(17)11-14)28(25,26)22-7-6-16(12-22)27-3/h4-5,8-11,16H,6-7,12H2,1-3H3. The van der Waals surface area contributed by atoms with Crippen LogP contribution in [0.4, 0.5) is 0 Å². The van der Waals surface area contributed by atoms with Crippen LogP contribution in [0.3, 0.4) is 0 Å². The minimum Gasteiger partial charge on any atom is -0.380 e. The maximum atomic E-state index is 13.1. The zero-order chi connectivity index (χ0) is 20.1. The van der Waals surface area contributed by atoms with Gasteiger partial charge >= 0.3 is 0 Å². The molecule has 0 N–H and O–H groups in total. The number of ether oxygens (including phenoxy) is 1. The molecule has 1 fully saturated rings. The predicted molar refractivity (Wildman–Crippen MR) is 105 cm³/mol. The lowest BCUT2D eigenvalue weighted by atomic mass is 10.1. The summed E-state index contributed by atoms with van der Waals surface area (Å²) < 4.78 is 36.1. The quantitative estimate of drug-likeness (QED) is 0.659.